The summed E-state index contributed by atoms with van der Waals surface area (Å²) < 4.78 is 5.23. The maximum atomic E-state index is 12.7. The van der Waals surface area contributed by atoms with Gasteiger partial charge in [0.05, 0.1) is 24.7 Å². The van der Waals surface area contributed by atoms with E-state index in [1.54, 1.807) is 25.1 Å². The molecule has 1 aromatic heterocycles. The number of rotatable bonds is 3. The molecule has 1 aromatic carbocycles. The van der Waals surface area contributed by atoms with Gasteiger partial charge in [-0.15, -0.1) is 0 Å². The molecule has 2 heterocycles. The van der Waals surface area contributed by atoms with E-state index in [-0.39, 0.29) is 11.6 Å². The van der Waals surface area contributed by atoms with E-state index in [4.69, 9.17) is 16.3 Å². The Morgan fingerprint density at radius 1 is 1.19 bits per heavy atom. The third kappa shape index (κ3) is 3.70. The minimum absolute atomic E-state index is 0.190. The summed E-state index contributed by atoms with van der Waals surface area (Å²) in [6.45, 7) is 2.63. The second-order valence-corrected chi connectivity index (χ2v) is 6.16. The van der Waals surface area contributed by atoms with Gasteiger partial charge in [0.25, 0.3) is 5.91 Å². The molecule has 1 N–H and O–H groups in total. The quantitative estimate of drug-likeness (QED) is 0.891. The first-order valence-electron chi connectivity index (χ1n) is 8.02. The number of urea groups is 1. The summed E-state index contributed by atoms with van der Waals surface area (Å²) in [5.41, 5.74) is 1.33. The number of carbonyl (C=O) groups is 2. The van der Waals surface area contributed by atoms with Crippen molar-refractivity contribution in [3.63, 3.8) is 0 Å². The Hall–Kier alpha value is -2.87. The third-order valence-electron chi connectivity index (χ3n) is 3.90. The normalized spacial score (nSPS) is 13.7. The molecule has 1 aliphatic rings. The van der Waals surface area contributed by atoms with E-state index >= 15 is 0 Å². The topological polar surface area (TPSA) is 87.7 Å². The van der Waals surface area contributed by atoms with Crippen LogP contribution in [0.3, 0.4) is 0 Å². The number of ether oxygens (including phenoxy) is 1. The predicted octanol–water partition coefficient (Wildman–Crippen LogP) is 2.74. The Bertz CT molecular complexity index is 828. The molecule has 1 fully saturated rings. The second kappa shape index (κ2) is 7.57. The third-order valence-corrected chi connectivity index (χ3v) is 4.14. The zero-order valence-electron chi connectivity index (χ0n) is 14.4. The minimum atomic E-state index is -0.448. The highest BCUT2D eigenvalue weighted by Gasteiger charge is 2.32. The van der Waals surface area contributed by atoms with Crippen LogP contribution in [0.15, 0.2) is 30.6 Å². The predicted molar refractivity (Wildman–Crippen MR) is 96.2 cm³/mol. The molecule has 136 valence electrons. The Morgan fingerprint density at radius 2 is 1.96 bits per heavy atom. The van der Waals surface area contributed by atoms with Crippen molar-refractivity contribution in [3.05, 3.63) is 47.0 Å². The smallest absolute Gasteiger partial charge is 0.340 e. The molecule has 3 rings (SSSR count). The molecular formula is C17H18ClN5O3. The average Bonchev–Trinajstić information content (AvgIpc) is 3.12. The Kier molecular flexibility index (Phi) is 5.22. The second-order valence-electron chi connectivity index (χ2n) is 5.72. The van der Waals surface area contributed by atoms with Crippen LogP contribution in [0.4, 0.5) is 10.5 Å². The molecule has 0 unspecified atom stereocenters. The van der Waals surface area contributed by atoms with Gasteiger partial charge < -0.3 is 10.1 Å². The Labute approximate surface area is 155 Å². The Morgan fingerprint density at radius 3 is 2.65 bits per heavy atom. The highest BCUT2D eigenvalue weighted by atomic mass is 35.5. The highest BCUT2D eigenvalue weighted by Crippen LogP contribution is 2.28. The maximum absolute atomic E-state index is 12.7. The number of hydrazine groups is 1. The molecule has 2 aromatic rings. The van der Waals surface area contributed by atoms with Crippen LogP contribution in [0.5, 0.6) is 5.75 Å². The van der Waals surface area contributed by atoms with Gasteiger partial charge in [-0.2, -0.15) is 0 Å². The van der Waals surface area contributed by atoms with Crippen LogP contribution in [0, 0.1) is 6.92 Å². The fraction of sp³-hybridized carbons (Fsp3) is 0.294. The zero-order valence-corrected chi connectivity index (χ0v) is 15.2. The van der Waals surface area contributed by atoms with Crippen LogP contribution in [-0.2, 0) is 0 Å². The van der Waals surface area contributed by atoms with Crippen LogP contribution < -0.4 is 10.1 Å². The molecule has 26 heavy (non-hydrogen) atoms. The summed E-state index contributed by atoms with van der Waals surface area (Å²) in [5, 5.41) is 5.92. The number of carbonyl (C=O) groups excluding carboxylic acids is 2. The molecule has 3 amide bonds. The van der Waals surface area contributed by atoms with E-state index in [0.29, 0.717) is 41.7 Å². The van der Waals surface area contributed by atoms with E-state index in [1.165, 1.54) is 29.5 Å². The van der Waals surface area contributed by atoms with Gasteiger partial charge in [0, 0.05) is 24.3 Å². The molecule has 1 saturated heterocycles. The standard InChI is InChI=1S/C17H18ClN5O3/c1-11-9-20-14(10-19-11)16(24)22-6-3-7-23(22)17(25)21-13-8-12(18)4-5-15(13)26-2/h4-5,8-10H,3,6-7H2,1-2H3,(H,21,25). The monoisotopic (exact) mass is 375 g/mol. The molecular weight excluding hydrogens is 358 g/mol. The number of methoxy groups -OCH3 is 1. The van der Waals surface area contributed by atoms with Gasteiger partial charge in [-0.25, -0.2) is 19.8 Å². The fourth-order valence-corrected chi connectivity index (χ4v) is 2.80. The lowest BCUT2D eigenvalue weighted by Gasteiger charge is -2.27. The van der Waals surface area contributed by atoms with Gasteiger partial charge in [-0.05, 0) is 31.5 Å². The van der Waals surface area contributed by atoms with E-state index in [9.17, 15) is 9.59 Å². The number of amides is 3. The highest BCUT2D eigenvalue weighted by molar-refractivity contribution is 6.31. The van der Waals surface area contributed by atoms with Gasteiger partial charge in [0.2, 0.25) is 0 Å². The molecule has 0 saturated carbocycles. The number of hydrogen-bond acceptors (Lipinski definition) is 5. The van der Waals surface area contributed by atoms with Crippen molar-refractivity contribution in [2.75, 3.05) is 25.5 Å². The van der Waals surface area contributed by atoms with Crippen LogP contribution in [0.1, 0.15) is 22.6 Å². The number of aromatic nitrogens is 2. The van der Waals surface area contributed by atoms with Gasteiger partial charge >= 0.3 is 6.03 Å². The first-order chi connectivity index (χ1) is 12.5. The van der Waals surface area contributed by atoms with Crippen molar-refractivity contribution >= 4 is 29.2 Å². The largest absolute Gasteiger partial charge is 0.495 e. The van der Waals surface area contributed by atoms with E-state index < -0.39 is 6.03 Å². The van der Waals surface area contributed by atoms with Crippen molar-refractivity contribution in [1.82, 2.24) is 20.0 Å². The summed E-state index contributed by atoms with van der Waals surface area (Å²) in [6.07, 6.45) is 3.60. The van der Waals surface area contributed by atoms with E-state index in [0.717, 1.165) is 0 Å². The lowest BCUT2D eigenvalue weighted by Crippen LogP contribution is -2.47. The summed E-state index contributed by atoms with van der Waals surface area (Å²) >= 11 is 5.99. The zero-order chi connectivity index (χ0) is 18.7. The fourth-order valence-electron chi connectivity index (χ4n) is 2.63. The molecule has 0 atom stereocenters. The lowest BCUT2D eigenvalue weighted by atomic mass is 10.3. The van der Waals surface area contributed by atoms with Crippen LogP contribution >= 0.6 is 11.6 Å². The number of aryl methyl sites for hydroxylation is 1. The molecule has 0 aliphatic carbocycles. The van der Waals surface area contributed by atoms with Crippen molar-refractivity contribution in [1.29, 1.82) is 0 Å². The van der Waals surface area contributed by atoms with Crippen LogP contribution in [0.25, 0.3) is 0 Å². The van der Waals surface area contributed by atoms with Gasteiger partial charge in [0.15, 0.2) is 0 Å². The SMILES string of the molecule is COc1ccc(Cl)cc1NC(=O)N1CCCN1C(=O)c1cnc(C)cn1. The van der Waals surface area contributed by atoms with Crippen LogP contribution in [-0.4, -0.2) is 52.1 Å². The van der Waals surface area contributed by atoms with Crippen molar-refractivity contribution in [2.45, 2.75) is 13.3 Å². The molecule has 0 bridgehead atoms. The number of nitrogens with zero attached hydrogens (tertiary/aromatic N) is 4. The van der Waals surface area contributed by atoms with E-state index in [1.807, 2.05) is 0 Å². The molecule has 8 nitrogen and oxygen atoms in total. The summed E-state index contributed by atoms with van der Waals surface area (Å²) in [7, 11) is 1.50. The summed E-state index contributed by atoms with van der Waals surface area (Å²) in [5.74, 6) is 0.104. The van der Waals surface area contributed by atoms with Crippen molar-refractivity contribution in [3.8, 4) is 5.75 Å². The summed E-state index contributed by atoms with van der Waals surface area (Å²) in [6, 6.07) is 4.47. The van der Waals surface area contributed by atoms with E-state index in [2.05, 4.69) is 15.3 Å². The number of benzene rings is 1. The molecule has 1 aliphatic heterocycles. The van der Waals surface area contributed by atoms with Crippen molar-refractivity contribution in [2.24, 2.45) is 0 Å². The number of nitrogens with one attached hydrogen (secondary N) is 1. The molecule has 0 radical (unpaired) electrons. The van der Waals surface area contributed by atoms with Gasteiger partial charge in [-0.3, -0.25) is 9.78 Å². The lowest BCUT2D eigenvalue weighted by molar-refractivity contribution is 0.0398. The summed E-state index contributed by atoms with van der Waals surface area (Å²) in [4.78, 5) is 33.5. The maximum Gasteiger partial charge on any atom is 0.340 e. The first kappa shape index (κ1) is 17.9. The first-order valence-corrected chi connectivity index (χ1v) is 8.40. The van der Waals surface area contributed by atoms with Crippen LogP contribution in [0.2, 0.25) is 5.02 Å². The van der Waals surface area contributed by atoms with Gasteiger partial charge in [-0.1, -0.05) is 11.6 Å². The average molecular weight is 376 g/mol. The number of hydrogen-bond donors (Lipinski definition) is 1. The molecule has 0 spiro atoms. The Balaban J connectivity index is 1.77. The molecule has 9 heteroatoms. The number of halogens is 1. The van der Waals surface area contributed by atoms with Crippen molar-refractivity contribution < 1.29 is 14.3 Å². The van der Waals surface area contributed by atoms with Gasteiger partial charge in [0.1, 0.15) is 11.4 Å². The minimum Gasteiger partial charge on any atom is -0.495 e. The number of anilines is 1.